The monoisotopic (exact) mass is 566 g/mol. The minimum atomic E-state index is -4.43. The van der Waals surface area contributed by atoms with Crippen molar-refractivity contribution in [3.05, 3.63) is 35.9 Å². The molecule has 0 bridgehead atoms. The molecule has 40 heavy (non-hydrogen) atoms. The quantitative estimate of drug-likeness (QED) is 0.261. The molecule has 4 amide bonds. The van der Waals surface area contributed by atoms with Gasteiger partial charge in [-0.3, -0.25) is 28.8 Å². The van der Waals surface area contributed by atoms with Crippen LogP contribution in [0.4, 0.5) is 8.78 Å². The van der Waals surface area contributed by atoms with Crippen LogP contribution in [0, 0.1) is 11.8 Å². The van der Waals surface area contributed by atoms with Crippen molar-refractivity contribution in [1.82, 2.24) is 20.9 Å². The number of carboxylic acid groups (broad SMARTS) is 1. The minimum Gasteiger partial charge on any atom is -0.481 e. The van der Waals surface area contributed by atoms with Crippen LogP contribution in [0.1, 0.15) is 52.5 Å². The molecule has 220 valence electrons. The maximum Gasteiger partial charge on any atom is 0.383 e. The highest BCUT2D eigenvalue weighted by atomic mass is 19.3. The predicted octanol–water partition coefficient (Wildman–Crippen LogP) is 1.25. The molecule has 0 aromatic heterocycles. The molecule has 0 spiro atoms. The van der Waals surface area contributed by atoms with Gasteiger partial charge in [-0.1, -0.05) is 58.0 Å². The van der Waals surface area contributed by atoms with Crippen LogP contribution in [0.25, 0.3) is 0 Å². The van der Waals surface area contributed by atoms with Crippen molar-refractivity contribution >= 4 is 35.4 Å². The summed E-state index contributed by atoms with van der Waals surface area (Å²) in [6, 6.07) is 4.33. The SMILES string of the molecule is CC(C)C(NC(=O)C1CCCN1C(=O)[C@@H](NC(=O)CC(=O)O)C(C)C)C(=O)C(F)(F)C(=O)NCc1ccccc1. The smallest absolute Gasteiger partial charge is 0.383 e. The van der Waals surface area contributed by atoms with Crippen molar-refractivity contribution in [3.8, 4) is 0 Å². The lowest BCUT2D eigenvalue weighted by Crippen LogP contribution is -2.60. The number of benzene rings is 1. The van der Waals surface area contributed by atoms with E-state index in [9.17, 15) is 37.5 Å². The molecule has 2 rings (SSSR count). The van der Waals surface area contributed by atoms with Crippen molar-refractivity contribution in [3.63, 3.8) is 0 Å². The lowest BCUT2D eigenvalue weighted by atomic mass is 9.94. The Balaban J connectivity index is 2.14. The molecule has 2 unspecified atom stereocenters. The Bertz CT molecular complexity index is 1110. The molecule has 0 aliphatic carbocycles. The molecule has 1 aromatic rings. The van der Waals surface area contributed by atoms with Crippen LogP contribution in [0.15, 0.2) is 30.3 Å². The van der Waals surface area contributed by atoms with Gasteiger partial charge >= 0.3 is 11.9 Å². The van der Waals surface area contributed by atoms with Gasteiger partial charge in [0.15, 0.2) is 0 Å². The zero-order valence-corrected chi connectivity index (χ0v) is 22.9. The highest BCUT2D eigenvalue weighted by Gasteiger charge is 2.51. The van der Waals surface area contributed by atoms with Crippen molar-refractivity contribution in [2.45, 2.75) is 77.6 Å². The van der Waals surface area contributed by atoms with Gasteiger partial charge in [0.05, 0.1) is 6.04 Å². The van der Waals surface area contributed by atoms with E-state index in [0.717, 1.165) is 0 Å². The Kier molecular flexibility index (Phi) is 11.3. The van der Waals surface area contributed by atoms with Gasteiger partial charge in [0.25, 0.3) is 5.91 Å². The van der Waals surface area contributed by atoms with Crippen LogP contribution >= 0.6 is 0 Å². The Morgan fingerprint density at radius 1 is 0.975 bits per heavy atom. The second-order valence-electron chi connectivity index (χ2n) is 10.4. The van der Waals surface area contributed by atoms with Crippen LogP contribution in [0.2, 0.25) is 0 Å². The molecule has 1 aliphatic rings. The van der Waals surface area contributed by atoms with Crippen molar-refractivity contribution in [2.75, 3.05) is 6.54 Å². The molecule has 3 atom stereocenters. The maximum absolute atomic E-state index is 14.9. The van der Waals surface area contributed by atoms with E-state index in [1.807, 2.05) is 5.32 Å². The Labute approximate surface area is 231 Å². The number of likely N-dealkylation sites (tertiary alicyclic amines) is 1. The van der Waals surface area contributed by atoms with Gasteiger partial charge in [-0.25, -0.2) is 0 Å². The van der Waals surface area contributed by atoms with Crippen LogP contribution < -0.4 is 16.0 Å². The average Bonchev–Trinajstić information content (AvgIpc) is 3.38. The molecular formula is C27H36F2N4O7. The number of nitrogens with zero attached hydrogens (tertiary/aromatic N) is 1. The lowest BCUT2D eigenvalue weighted by molar-refractivity contribution is -0.161. The van der Waals surface area contributed by atoms with Crippen LogP contribution in [-0.4, -0.2) is 76.0 Å². The van der Waals surface area contributed by atoms with E-state index >= 15 is 0 Å². The molecule has 0 saturated carbocycles. The molecule has 0 radical (unpaired) electrons. The van der Waals surface area contributed by atoms with E-state index in [2.05, 4.69) is 10.6 Å². The first-order valence-corrected chi connectivity index (χ1v) is 13.0. The van der Waals surface area contributed by atoms with Gasteiger partial charge in [-0.2, -0.15) is 8.78 Å². The summed E-state index contributed by atoms with van der Waals surface area (Å²) in [5, 5.41) is 15.6. The van der Waals surface area contributed by atoms with Crippen molar-refractivity contribution in [1.29, 1.82) is 0 Å². The van der Waals surface area contributed by atoms with E-state index in [4.69, 9.17) is 5.11 Å². The summed E-state index contributed by atoms with van der Waals surface area (Å²) in [7, 11) is 0. The number of carboxylic acids is 1. The van der Waals surface area contributed by atoms with Crippen molar-refractivity contribution in [2.24, 2.45) is 11.8 Å². The van der Waals surface area contributed by atoms with Gasteiger partial charge in [0.2, 0.25) is 23.5 Å². The van der Waals surface area contributed by atoms with E-state index in [1.54, 1.807) is 44.2 Å². The van der Waals surface area contributed by atoms with Crippen molar-refractivity contribution < 1.29 is 42.7 Å². The van der Waals surface area contributed by atoms with Gasteiger partial charge in [-0.05, 0) is 30.2 Å². The summed E-state index contributed by atoms with van der Waals surface area (Å²) >= 11 is 0. The second kappa shape index (κ2) is 13.9. The third kappa shape index (κ3) is 8.30. The number of Topliss-reactive ketones (excluding diaryl/α,β-unsaturated/α-hetero) is 1. The molecule has 1 aromatic carbocycles. The second-order valence-corrected chi connectivity index (χ2v) is 10.4. The number of nitrogens with one attached hydrogen (secondary N) is 3. The van der Waals surface area contributed by atoms with E-state index in [0.29, 0.717) is 12.0 Å². The summed E-state index contributed by atoms with van der Waals surface area (Å²) in [5.41, 5.74) is 0.553. The van der Waals surface area contributed by atoms with Gasteiger partial charge in [-0.15, -0.1) is 0 Å². The number of aliphatic carboxylic acids is 1. The van der Waals surface area contributed by atoms with E-state index < -0.39 is 77.7 Å². The molecule has 1 heterocycles. The summed E-state index contributed by atoms with van der Waals surface area (Å²) in [4.78, 5) is 75.6. The molecule has 1 fully saturated rings. The molecule has 1 saturated heterocycles. The molecule has 13 heteroatoms. The first-order chi connectivity index (χ1) is 18.7. The van der Waals surface area contributed by atoms with Gasteiger partial charge < -0.3 is 26.0 Å². The number of alkyl halides is 2. The summed E-state index contributed by atoms with van der Waals surface area (Å²) in [6.45, 7) is 6.05. The fourth-order valence-electron chi connectivity index (χ4n) is 4.34. The topological polar surface area (TPSA) is 162 Å². The normalized spacial score (nSPS) is 16.8. The molecule has 4 N–H and O–H groups in total. The van der Waals surface area contributed by atoms with Crippen LogP contribution in [0.3, 0.4) is 0 Å². The number of ketones is 1. The number of hydrogen-bond acceptors (Lipinski definition) is 6. The summed E-state index contributed by atoms with van der Waals surface area (Å²) in [6.07, 6.45) is -0.264. The predicted molar refractivity (Wildman–Crippen MR) is 139 cm³/mol. The lowest BCUT2D eigenvalue weighted by Gasteiger charge is -2.32. The van der Waals surface area contributed by atoms with Gasteiger partial charge in [0.1, 0.15) is 18.5 Å². The highest BCUT2D eigenvalue weighted by molar-refractivity contribution is 6.10. The number of rotatable bonds is 13. The van der Waals surface area contributed by atoms with E-state index in [1.165, 1.54) is 18.7 Å². The third-order valence-corrected chi connectivity index (χ3v) is 6.54. The Morgan fingerprint density at radius 2 is 1.57 bits per heavy atom. The molecule has 1 aliphatic heterocycles. The Hall–Kier alpha value is -3.90. The number of hydrogen-bond donors (Lipinski definition) is 4. The third-order valence-electron chi connectivity index (χ3n) is 6.54. The number of amides is 4. The fraction of sp³-hybridized carbons (Fsp3) is 0.556. The number of halogens is 2. The molecular weight excluding hydrogens is 530 g/mol. The van der Waals surface area contributed by atoms with E-state index in [-0.39, 0.29) is 19.5 Å². The van der Waals surface area contributed by atoms with Crippen LogP contribution in [0.5, 0.6) is 0 Å². The maximum atomic E-state index is 14.9. The first kappa shape index (κ1) is 32.3. The van der Waals surface area contributed by atoms with Gasteiger partial charge in [0, 0.05) is 13.1 Å². The van der Waals surface area contributed by atoms with Crippen LogP contribution in [-0.2, 0) is 35.3 Å². The minimum absolute atomic E-state index is 0.132. The average molecular weight is 567 g/mol. The zero-order valence-electron chi connectivity index (χ0n) is 22.9. The number of carbonyl (C=O) groups is 6. The molecule has 11 nitrogen and oxygen atoms in total. The first-order valence-electron chi connectivity index (χ1n) is 13.0. The largest absolute Gasteiger partial charge is 0.481 e. The summed E-state index contributed by atoms with van der Waals surface area (Å²) < 4.78 is 29.8. The standard InChI is InChI=1S/C27H36F2N4O7/c1-15(2)21(23(37)27(28,29)26(40)30-14-17-9-6-5-7-10-17)32-24(38)18-11-8-12-33(18)25(39)22(16(3)4)31-19(34)13-20(35)36/h5-7,9-10,15-16,18,21-22H,8,11-14H2,1-4H3,(H,30,40)(H,31,34)(H,32,38)(H,35,36)/t18?,21?,22-/m0/s1. The Morgan fingerprint density at radius 3 is 2.12 bits per heavy atom. The fourth-order valence-corrected chi connectivity index (χ4v) is 4.34. The number of carbonyl (C=O) groups excluding carboxylic acids is 5. The highest BCUT2D eigenvalue weighted by Crippen LogP contribution is 2.24. The summed E-state index contributed by atoms with van der Waals surface area (Å²) in [5.74, 6) is -13.0. The zero-order chi connectivity index (χ0) is 30.2.